The van der Waals surface area contributed by atoms with Crippen LogP contribution < -0.4 is 9.46 Å². The van der Waals surface area contributed by atoms with Gasteiger partial charge >= 0.3 is 0 Å². The molecule has 1 amide bonds. The number of carbonyl (C=O) groups excluding carboxylic acids is 1. The summed E-state index contributed by atoms with van der Waals surface area (Å²) in [7, 11) is -4.20. The van der Waals surface area contributed by atoms with E-state index in [1.165, 1.54) is 10.7 Å². The molecule has 38 heavy (non-hydrogen) atoms. The summed E-state index contributed by atoms with van der Waals surface area (Å²) in [4.78, 5) is 25.3. The van der Waals surface area contributed by atoms with Crippen molar-refractivity contribution in [3.63, 3.8) is 0 Å². The zero-order valence-electron chi connectivity index (χ0n) is 21.2. The Morgan fingerprint density at radius 1 is 1.24 bits per heavy atom. The number of nitrogens with one attached hydrogen (secondary N) is 1. The van der Waals surface area contributed by atoms with Gasteiger partial charge in [0.05, 0.1) is 10.6 Å². The number of carbonyl (C=O) groups is 1. The first-order chi connectivity index (χ1) is 18.0. The number of nitrogens with zero attached hydrogens (tertiary/aromatic N) is 4. The fourth-order valence-corrected chi connectivity index (χ4v) is 5.74. The summed E-state index contributed by atoms with van der Waals surface area (Å²) in [5.74, 6) is -0.331. The number of halogens is 1. The van der Waals surface area contributed by atoms with Crippen LogP contribution in [0.2, 0.25) is 5.02 Å². The lowest BCUT2D eigenvalue weighted by atomic mass is 10.2. The van der Waals surface area contributed by atoms with Crippen LogP contribution in [0.1, 0.15) is 49.2 Å². The Morgan fingerprint density at radius 2 is 1.95 bits per heavy atom. The third kappa shape index (κ3) is 5.66. The maximum absolute atomic E-state index is 13.3. The molecule has 0 unspecified atom stereocenters. The molecule has 13 heteroatoms. The SMILES string of the molecule is CC[C@@H](C)NS(=O)(=O)c1cc([N+](=O)[O-])ccc1Oc1c(C)c(C(=O)N2CCCC2)nn1-c1cccc(Cl)c1. The number of amides is 1. The molecule has 1 N–H and O–H groups in total. The van der Waals surface area contributed by atoms with Gasteiger partial charge in [-0.2, -0.15) is 9.78 Å². The van der Waals surface area contributed by atoms with Crippen molar-refractivity contribution in [2.75, 3.05) is 13.1 Å². The number of nitro groups is 1. The number of rotatable bonds is 9. The molecule has 2 aromatic carbocycles. The average Bonchev–Trinajstić information content (AvgIpc) is 3.52. The number of hydrogen-bond acceptors (Lipinski definition) is 7. The monoisotopic (exact) mass is 561 g/mol. The van der Waals surface area contributed by atoms with E-state index in [9.17, 15) is 23.3 Å². The highest BCUT2D eigenvalue weighted by Gasteiger charge is 2.30. The third-order valence-electron chi connectivity index (χ3n) is 6.32. The van der Waals surface area contributed by atoms with Gasteiger partial charge in [0.25, 0.3) is 11.6 Å². The Balaban J connectivity index is 1.87. The predicted octanol–water partition coefficient (Wildman–Crippen LogP) is 4.85. The van der Waals surface area contributed by atoms with Gasteiger partial charge in [-0.15, -0.1) is 0 Å². The van der Waals surface area contributed by atoms with Crippen LogP contribution in [0.4, 0.5) is 5.69 Å². The summed E-state index contributed by atoms with van der Waals surface area (Å²) >= 11 is 6.21. The first kappa shape index (κ1) is 27.6. The summed E-state index contributed by atoms with van der Waals surface area (Å²) in [6.45, 7) is 6.38. The fourth-order valence-electron chi connectivity index (χ4n) is 4.08. The normalized spacial score (nSPS) is 14.5. The van der Waals surface area contributed by atoms with E-state index < -0.39 is 31.6 Å². The van der Waals surface area contributed by atoms with Crippen LogP contribution in [0.5, 0.6) is 11.6 Å². The van der Waals surface area contributed by atoms with E-state index in [1.807, 2.05) is 6.92 Å². The van der Waals surface area contributed by atoms with Crippen molar-refractivity contribution in [1.82, 2.24) is 19.4 Å². The van der Waals surface area contributed by atoms with Gasteiger partial charge in [-0.05, 0) is 57.4 Å². The van der Waals surface area contributed by atoms with Gasteiger partial charge in [0.1, 0.15) is 10.6 Å². The van der Waals surface area contributed by atoms with Crippen molar-refractivity contribution in [2.24, 2.45) is 0 Å². The smallest absolute Gasteiger partial charge is 0.274 e. The van der Waals surface area contributed by atoms with Crippen LogP contribution in [0.3, 0.4) is 0 Å². The lowest BCUT2D eigenvalue weighted by molar-refractivity contribution is -0.385. The molecule has 1 fully saturated rings. The number of ether oxygens (including phenoxy) is 1. The van der Waals surface area contributed by atoms with Crippen LogP contribution in [-0.4, -0.2) is 53.1 Å². The van der Waals surface area contributed by atoms with Crippen molar-refractivity contribution < 1.29 is 22.9 Å². The van der Waals surface area contributed by atoms with E-state index in [0.717, 1.165) is 25.0 Å². The minimum Gasteiger partial charge on any atom is -0.437 e. The molecule has 1 aliphatic rings. The summed E-state index contributed by atoms with van der Waals surface area (Å²) in [5.41, 5.74) is 0.622. The molecule has 0 spiro atoms. The zero-order chi connectivity index (χ0) is 27.6. The van der Waals surface area contributed by atoms with Crippen LogP contribution >= 0.6 is 11.6 Å². The number of sulfonamides is 1. The second-order valence-corrected chi connectivity index (χ2v) is 11.2. The van der Waals surface area contributed by atoms with E-state index in [1.54, 1.807) is 43.0 Å². The standard InChI is InChI=1S/C25H28ClN5O6S/c1-4-16(2)28-38(35,36)22-15-20(31(33)34)10-11-21(22)37-25-17(3)23(24(32)29-12-5-6-13-29)27-30(25)19-9-7-8-18(26)14-19/h7-11,14-16,28H,4-6,12-13H2,1-3H3/t16-/m1/s1. The van der Waals surface area contributed by atoms with E-state index in [2.05, 4.69) is 9.82 Å². The lowest BCUT2D eigenvalue weighted by Crippen LogP contribution is -2.32. The Labute approximate surface area is 225 Å². The van der Waals surface area contributed by atoms with Gasteiger partial charge in [-0.25, -0.2) is 13.1 Å². The van der Waals surface area contributed by atoms with Gasteiger partial charge in [0.2, 0.25) is 15.9 Å². The Hall–Kier alpha value is -3.48. The van der Waals surface area contributed by atoms with Gasteiger partial charge in [0.15, 0.2) is 5.69 Å². The molecule has 3 aromatic rings. The Bertz CT molecular complexity index is 1480. The maximum atomic E-state index is 13.3. The number of likely N-dealkylation sites (tertiary alicyclic amines) is 1. The second-order valence-electron chi connectivity index (χ2n) is 9.09. The van der Waals surface area contributed by atoms with Crippen molar-refractivity contribution >= 4 is 33.2 Å². The fraction of sp³-hybridized carbons (Fsp3) is 0.360. The van der Waals surface area contributed by atoms with Crippen LogP contribution in [0.25, 0.3) is 5.69 Å². The summed E-state index contributed by atoms with van der Waals surface area (Å²) in [6.07, 6.45) is 2.31. The van der Waals surface area contributed by atoms with Gasteiger partial charge in [-0.1, -0.05) is 24.6 Å². The van der Waals surface area contributed by atoms with Crippen LogP contribution in [0, 0.1) is 17.0 Å². The topological polar surface area (TPSA) is 137 Å². The van der Waals surface area contributed by atoms with E-state index in [4.69, 9.17) is 16.3 Å². The molecule has 1 aliphatic heterocycles. The highest BCUT2D eigenvalue weighted by molar-refractivity contribution is 7.89. The molecule has 0 bridgehead atoms. The molecule has 11 nitrogen and oxygen atoms in total. The van der Waals surface area contributed by atoms with Gasteiger partial charge < -0.3 is 9.64 Å². The molecule has 1 atom stereocenters. The number of aromatic nitrogens is 2. The molecule has 4 rings (SSSR count). The number of non-ortho nitro benzene ring substituents is 1. The van der Waals surface area contributed by atoms with Crippen molar-refractivity contribution in [3.05, 3.63) is 68.9 Å². The highest BCUT2D eigenvalue weighted by Crippen LogP contribution is 2.36. The van der Waals surface area contributed by atoms with E-state index in [-0.39, 0.29) is 23.2 Å². The molecule has 0 saturated carbocycles. The van der Waals surface area contributed by atoms with Crippen molar-refractivity contribution in [1.29, 1.82) is 0 Å². The molecule has 2 heterocycles. The Morgan fingerprint density at radius 3 is 2.58 bits per heavy atom. The summed E-state index contributed by atoms with van der Waals surface area (Å²) < 4.78 is 36.5. The largest absolute Gasteiger partial charge is 0.437 e. The second kappa shape index (κ2) is 11.1. The van der Waals surface area contributed by atoms with E-state index in [0.29, 0.717) is 35.8 Å². The highest BCUT2D eigenvalue weighted by atomic mass is 35.5. The first-order valence-electron chi connectivity index (χ1n) is 12.1. The molecule has 0 aliphatic carbocycles. The molecule has 202 valence electrons. The van der Waals surface area contributed by atoms with Crippen molar-refractivity contribution in [2.45, 2.75) is 51.0 Å². The van der Waals surface area contributed by atoms with Crippen molar-refractivity contribution in [3.8, 4) is 17.3 Å². The lowest BCUT2D eigenvalue weighted by Gasteiger charge is -2.16. The average molecular weight is 562 g/mol. The Kier molecular flexibility index (Phi) is 8.05. The van der Waals surface area contributed by atoms with Gasteiger partial charge in [-0.3, -0.25) is 14.9 Å². The molecule has 0 radical (unpaired) electrons. The quantitative estimate of drug-likeness (QED) is 0.291. The molecular weight excluding hydrogens is 534 g/mol. The number of hydrogen-bond donors (Lipinski definition) is 1. The zero-order valence-corrected chi connectivity index (χ0v) is 22.8. The summed E-state index contributed by atoms with van der Waals surface area (Å²) in [6, 6.07) is 9.64. The maximum Gasteiger partial charge on any atom is 0.274 e. The number of benzene rings is 2. The minimum atomic E-state index is -4.20. The van der Waals surface area contributed by atoms with Crippen LogP contribution in [-0.2, 0) is 10.0 Å². The first-order valence-corrected chi connectivity index (χ1v) is 14.0. The van der Waals surface area contributed by atoms with E-state index >= 15 is 0 Å². The number of nitro benzene ring substituents is 1. The molecule has 1 saturated heterocycles. The minimum absolute atomic E-state index is 0.0867. The molecular formula is C25H28ClN5O6S. The third-order valence-corrected chi connectivity index (χ3v) is 8.17. The molecule has 1 aromatic heterocycles. The van der Waals surface area contributed by atoms with Gasteiger partial charge in [0, 0.05) is 41.9 Å². The summed E-state index contributed by atoms with van der Waals surface area (Å²) in [5, 5.41) is 16.4. The van der Waals surface area contributed by atoms with Crippen LogP contribution in [0.15, 0.2) is 47.4 Å². The predicted molar refractivity (Wildman–Crippen MR) is 142 cm³/mol.